The van der Waals surface area contributed by atoms with Crippen molar-refractivity contribution in [2.45, 2.75) is 13.1 Å². The lowest BCUT2D eigenvalue weighted by Gasteiger charge is -2.10. The van der Waals surface area contributed by atoms with Crippen LogP contribution in [0.2, 0.25) is 0 Å². The number of hydrogen-bond acceptors (Lipinski definition) is 7. The number of nitrogens with zero attached hydrogens (tertiary/aromatic N) is 5. The Labute approximate surface area is 176 Å². The van der Waals surface area contributed by atoms with Gasteiger partial charge in [-0.2, -0.15) is 18.4 Å². The molecule has 0 fully saturated rings. The lowest BCUT2D eigenvalue weighted by molar-refractivity contribution is -0.384. The number of anilines is 1. The van der Waals surface area contributed by atoms with Crippen LogP contribution in [0.1, 0.15) is 16.3 Å². The zero-order valence-corrected chi connectivity index (χ0v) is 16.4. The van der Waals surface area contributed by atoms with E-state index in [-0.39, 0.29) is 17.0 Å². The molecule has 158 valence electrons. The first-order chi connectivity index (χ1) is 14.6. The molecule has 31 heavy (non-hydrogen) atoms. The van der Waals surface area contributed by atoms with Gasteiger partial charge in [0, 0.05) is 24.0 Å². The van der Waals surface area contributed by atoms with E-state index < -0.39 is 32.7 Å². The third kappa shape index (κ3) is 4.75. The summed E-state index contributed by atoms with van der Waals surface area (Å²) in [6.45, 7) is 1.73. The molecule has 0 bridgehead atoms. The Morgan fingerprint density at radius 1 is 1.35 bits per heavy atom. The van der Waals surface area contributed by atoms with Gasteiger partial charge in [0.15, 0.2) is 0 Å². The predicted molar refractivity (Wildman–Crippen MR) is 104 cm³/mol. The molecule has 1 aromatic carbocycles. The second-order valence-corrected chi connectivity index (χ2v) is 7.04. The highest BCUT2D eigenvalue weighted by Gasteiger charge is 2.35. The van der Waals surface area contributed by atoms with Crippen LogP contribution in [0.5, 0.6) is 0 Å². The molecule has 3 aromatic rings. The number of nitro groups is 1. The van der Waals surface area contributed by atoms with Gasteiger partial charge in [-0.05, 0) is 30.7 Å². The zero-order chi connectivity index (χ0) is 22.8. The van der Waals surface area contributed by atoms with Crippen molar-refractivity contribution in [3.63, 3.8) is 0 Å². The summed E-state index contributed by atoms with van der Waals surface area (Å²) in [4.78, 5) is 22.9. The maximum atomic E-state index is 12.6. The number of aryl methyl sites for hydroxylation is 1. The number of hydrogen-bond donors (Lipinski definition) is 1. The maximum Gasteiger partial charge on any atom is 0.445 e. The highest BCUT2D eigenvalue weighted by molar-refractivity contribution is 7.15. The number of alkyl halides is 3. The molecule has 0 spiro atoms. The van der Waals surface area contributed by atoms with Crippen LogP contribution in [0.3, 0.4) is 0 Å². The Morgan fingerprint density at radius 3 is 2.71 bits per heavy atom. The highest BCUT2D eigenvalue weighted by Crippen LogP contribution is 2.33. The van der Waals surface area contributed by atoms with Crippen molar-refractivity contribution in [1.82, 2.24) is 14.8 Å². The van der Waals surface area contributed by atoms with Crippen LogP contribution < -0.4 is 5.32 Å². The number of amides is 1. The Morgan fingerprint density at radius 2 is 2.10 bits per heavy atom. The lowest BCUT2D eigenvalue weighted by atomic mass is 10.1. The Kier molecular flexibility index (Phi) is 5.84. The van der Waals surface area contributed by atoms with E-state index in [4.69, 9.17) is 0 Å². The monoisotopic (exact) mass is 448 g/mol. The second-order valence-electron chi connectivity index (χ2n) is 6.07. The van der Waals surface area contributed by atoms with Gasteiger partial charge in [-0.15, -0.1) is 10.2 Å². The molecular weight excluding hydrogens is 437 g/mol. The smallest absolute Gasteiger partial charge is 0.317 e. The molecule has 0 atom stereocenters. The van der Waals surface area contributed by atoms with Gasteiger partial charge in [-0.25, -0.2) is 0 Å². The standard InChI is InChI=1S/C18H11F3N6O3S/c1-10-4-5-13(27(29)30)8-14(10)26-6-2-3-12(26)7-11(9-22)15(28)23-17-25-24-16(31-17)18(19,20)21/h2-8H,1H3,(H,23,25,28)/b11-7-. The molecule has 0 aliphatic rings. The average molecular weight is 448 g/mol. The molecule has 1 N–H and O–H groups in total. The summed E-state index contributed by atoms with van der Waals surface area (Å²) < 4.78 is 39.4. The van der Waals surface area contributed by atoms with Crippen molar-refractivity contribution in [1.29, 1.82) is 5.26 Å². The van der Waals surface area contributed by atoms with E-state index in [0.717, 1.165) is 0 Å². The molecule has 0 radical (unpaired) electrons. The van der Waals surface area contributed by atoms with Gasteiger partial charge < -0.3 is 4.57 Å². The minimum absolute atomic E-state index is 0.125. The summed E-state index contributed by atoms with van der Waals surface area (Å²) in [5.41, 5.74) is 0.963. The summed E-state index contributed by atoms with van der Waals surface area (Å²) in [5.74, 6) is -0.976. The van der Waals surface area contributed by atoms with Crippen LogP contribution in [-0.4, -0.2) is 25.6 Å². The number of benzene rings is 1. The fraction of sp³-hybridized carbons (Fsp3) is 0.111. The Bertz CT molecular complexity index is 1240. The summed E-state index contributed by atoms with van der Waals surface area (Å²) >= 11 is 0.125. The van der Waals surface area contributed by atoms with Gasteiger partial charge in [0.2, 0.25) is 10.1 Å². The molecule has 0 aliphatic carbocycles. The number of aromatic nitrogens is 3. The fourth-order valence-corrected chi connectivity index (χ4v) is 3.16. The van der Waals surface area contributed by atoms with Crippen molar-refractivity contribution >= 4 is 34.1 Å². The Hall–Kier alpha value is -4.05. The maximum absolute atomic E-state index is 12.6. The second kappa shape index (κ2) is 8.36. The summed E-state index contributed by atoms with van der Waals surface area (Å²) in [6, 6.07) is 9.11. The van der Waals surface area contributed by atoms with E-state index in [9.17, 15) is 33.3 Å². The number of nitrogens with one attached hydrogen (secondary N) is 1. The van der Waals surface area contributed by atoms with Crippen LogP contribution in [0.4, 0.5) is 24.0 Å². The average Bonchev–Trinajstić information content (AvgIpc) is 3.35. The summed E-state index contributed by atoms with van der Waals surface area (Å²) in [7, 11) is 0. The molecule has 0 unspecified atom stereocenters. The number of nitro benzene ring substituents is 1. The number of halogens is 3. The van der Waals surface area contributed by atoms with E-state index in [1.54, 1.807) is 42.0 Å². The normalized spacial score (nSPS) is 11.8. The van der Waals surface area contributed by atoms with Gasteiger partial charge >= 0.3 is 6.18 Å². The number of carbonyl (C=O) groups is 1. The van der Waals surface area contributed by atoms with E-state index in [1.807, 2.05) is 0 Å². The molecular formula is C18H11F3N6O3S. The molecule has 3 rings (SSSR count). The number of rotatable bonds is 5. The zero-order valence-electron chi connectivity index (χ0n) is 15.5. The van der Waals surface area contributed by atoms with Crippen molar-refractivity contribution in [3.8, 4) is 11.8 Å². The van der Waals surface area contributed by atoms with Crippen molar-refractivity contribution in [2.75, 3.05) is 5.32 Å². The highest BCUT2D eigenvalue weighted by atomic mass is 32.1. The number of nitriles is 1. The van der Waals surface area contributed by atoms with Gasteiger partial charge in [-0.1, -0.05) is 17.4 Å². The van der Waals surface area contributed by atoms with Gasteiger partial charge in [-0.3, -0.25) is 20.2 Å². The first-order valence-electron chi connectivity index (χ1n) is 8.37. The molecule has 0 aliphatic heterocycles. The molecule has 0 saturated carbocycles. The Balaban J connectivity index is 1.91. The lowest BCUT2D eigenvalue weighted by Crippen LogP contribution is -2.13. The van der Waals surface area contributed by atoms with E-state index >= 15 is 0 Å². The first kappa shape index (κ1) is 21.7. The third-order valence-electron chi connectivity index (χ3n) is 3.99. The van der Waals surface area contributed by atoms with E-state index in [0.29, 0.717) is 16.9 Å². The predicted octanol–water partition coefficient (Wildman–Crippen LogP) is 4.11. The number of carbonyl (C=O) groups excluding carboxylic acids is 1. The van der Waals surface area contributed by atoms with Crippen molar-refractivity contribution < 1.29 is 22.9 Å². The van der Waals surface area contributed by atoms with Crippen LogP contribution in [0.15, 0.2) is 42.1 Å². The quantitative estimate of drug-likeness (QED) is 0.271. The fourth-order valence-electron chi connectivity index (χ4n) is 2.55. The first-order valence-corrected chi connectivity index (χ1v) is 9.18. The van der Waals surface area contributed by atoms with Crippen molar-refractivity contribution in [3.05, 3.63) is 68.5 Å². The van der Waals surface area contributed by atoms with E-state index in [2.05, 4.69) is 15.5 Å². The molecule has 13 heteroatoms. The summed E-state index contributed by atoms with van der Waals surface area (Å²) in [6.07, 6.45) is -1.91. The molecule has 1 amide bonds. The van der Waals surface area contributed by atoms with Gasteiger partial charge in [0.25, 0.3) is 11.6 Å². The SMILES string of the molecule is Cc1ccc([N+](=O)[O-])cc1-n1cccc1/C=C(/C#N)C(=O)Nc1nnc(C(F)(F)F)s1. The molecule has 9 nitrogen and oxygen atoms in total. The van der Waals surface area contributed by atoms with Crippen LogP contribution in [-0.2, 0) is 11.0 Å². The molecule has 0 saturated heterocycles. The van der Waals surface area contributed by atoms with Crippen LogP contribution in [0.25, 0.3) is 11.8 Å². The number of non-ortho nitro benzene ring substituents is 1. The minimum Gasteiger partial charge on any atom is -0.317 e. The third-order valence-corrected chi connectivity index (χ3v) is 4.87. The van der Waals surface area contributed by atoms with Crippen LogP contribution in [0, 0.1) is 28.4 Å². The minimum atomic E-state index is -4.70. The largest absolute Gasteiger partial charge is 0.445 e. The van der Waals surface area contributed by atoms with Crippen LogP contribution >= 0.6 is 11.3 Å². The van der Waals surface area contributed by atoms with Crippen molar-refractivity contribution in [2.24, 2.45) is 0 Å². The topological polar surface area (TPSA) is 127 Å². The summed E-state index contributed by atoms with van der Waals surface area (Å²) in [5, 5.41) is 27.1. The molecule has 2 heterocycles. The molecule has 2 aromatic heterocycles. The van der Waals surface area contributed by atoms with E-state index in [1.165, 1.54) is 18.2 Å². The van der Waals surface area contributed by atoms with Gasteiger partial charge in [0.05, 0.1) is 10.6 Å². The van der Waals surface area contributed by atoms with Gasteiger partial charge in [0.1, 0.15) is 11.6 Å².